The number of terminal acetylenes is 1. The van der Waals surface area contributed by atoms with Crippen molar-refractivity contribution in [3.63, 3.8) is 0 Å². The number of benzene rings is 1. The molecule has 6 heteroatoms. The van der Waals surface area contributed by atoms with Crippen LogP contribution in [0.2, 0.25) is 0 Å². The van der Waals surface area contributed by atoms with E-state index in [0.29, 0.717) is 5.75 Å². The minimum atomic E-state index is -1.05. The van der Waals surface area contributed by atoms with Gasteiger partial charge < -0.3 is 15.2 Å². The molecular weight excluding hydrogens is 361 g/mol. The molecular formula is C13H12INO4. The number of halogens is 1. The van der Waals surface area contributed by atoms with Gasteiger partial charge in [-0.3, -0.25) is 4.79 Å². The van der Waals surface area contributed by atoms with Gasteiger partial charge in [0.25, 0.3) is 5.91 Å². The minimum Gasteiger partial charge on any atom is -0.480 e. The lowest BCUT2D eigenvalue weighted by Gasteiger charge is -2.15. The molecule has 0 aliphatic rings. The summed E-state index contributed by atoms with van der Waals surface area (Å²) in [6.45, 7) is 1.69. The number of rotatable bonds is 5. The van der Waals surface area contributed by atoms with Gasteiger partial charge >= 0.3 is 5.97 Å². The van der Waals surface area contributed by atoms with Crippen LogP contribution in [0.1, 0.15) is 17.3 Å². The molecule has 1 amide bonds. The van der Waals surface area contributed by atoms with E-state index in [9.17, 15) is 9.59 Å². The average molecular weight is 373 g/mol. The molecule has 0 aromatic heterocycles. The van der Waals surface area contributed by atoms with Crippen LogP contribution in [0.15, 0.2) is 18.2 Å². The van der Waals surface area contributed by atoms with E-state index in [2.05, 4.69) is 11.2 Å². The first-order chi connectivity index (χ1) is 8.95. The maximum atomic E-state index is 11.6. The predicted molar refractivity (Wildman–Crippen MR) is 78.1 cm³/mol. The zero-order chi connectivity index (χ0) is 14.4. The predicted octanol–water partition coefficient (Wildman–Crippen LogP) is 1.51. The third-order valence-electron chi connectivity index (χ3n) is 2.22. The largest absolute Gasteiger partial charge is 0.480 e. The van der Waals surface area contributed by atoms with Crippen molar-refractivity contribution in [3.05, 3.63) is 27.3 Å². The number of carbonyl (C=O) groups is 2. The van der Waals surface area contributed by atoms with E-state index in [1.54, 1.807) is 13.0 Å². The van der Waals surface area contributed by atoms with Gasteiger partial charge in [0.05, 0.1) is 15.7 Å². The molecule has 0 bridgehead atoms. The second kappa shape index (κ2) is 6.99. The topological polar surface area (TPSA) is 75.6 Å². The first-order valence-corrected chi connectivity index (χ1v) is 6.44. The van der Waals surface area contributed by atoms with Crippen molar-refractivity contribution < 1.29 is 19.4 Å². The highest BCUT2D eigenvalue weighted by Gasteiger charge is 2.16. The Balaban J connectivity index is 2.81. The van der Waals surface area contributed by atoms with Gasteiger partial charge in [0.2, 0.25) is 0 Å². The van der Waals surface area contributed by atoms with Crippen LogP contribution in [0.5, 0.6) is 5.75 Å². The fraction of sp³-hybridized carbons (Fsp3) is 0.231. The molecule has 1 unspecified atom stereocenters. The van der Waals surface area contributed by atoms with Crippen molar-refractivity contribution in [1.29, 1.82) is 0 Å². The number of ether oxygens (including phenoxy) is 1. The smallest absolute Gasteiger partial charge is 0.335 e. The van der Waals surface area contributed by atoms with Crippen molar-refractivity contribution in [2.24, 2.45) is 0 Å². The Labute approximate surface area is 124 Å². The first kappa shape index (κ1) is 15.3. The monoisotopic (exact) mass is 373 g/mol. The Morgan fingerprint density at radius 2 is 2.26 bits per heavy atom. The van der Waals surface area contributed by atoms with Gasteiger partial charge in [-0.2, -0.15) is 0 Å². The Morgan fingerprint density at radius 1 is 1.58 bits per heavy atom. The second-order valence-corrected chi connectivity index (χ2v) is 4.79. The summed E-state index contributed by atoms with van der Waals surface area (Å²) < 4.78 is 6.16. The maximum Gasteiger partial charge on any atom is 0.335 e. The number of carboxylic acid groups (broad SMARTS) is 1. The molecule has 0 saturated heterocycles. The summed E-state index contributed by atoms with van der Waals surface area (Å²) in [5.74, 6) is 1.23. The van der Waals surface area contributed by atoms with Gasteiger partial charge in [-0.15, -0.1) is 6.42 Å². The van der Waals surface area contributed by atoms with E-state index >= 15 is 0 Å². The minimum absolute atomic E-state index is 0.103. The molecule has 0 heterocycles. The van der Waals surface area contributed by atoms with Crippen LogP contribution in [0.25, 0.3) is 0 Å². The number of nitrogens with one attached hydrogen (secondary N) is 1. The number of aromatic carboxylic acids is 1. The van der Waals surface area contributed by atoms with E-state index in [1.165, 1.54) is 12.1 Å². The van der Waals surface area contributed by atoms with Crippen LogP contribution in [-0.2, 0) is 4.79 Å². The normalized spacial score (nSPS) is 11.2. The first-order valence-electron chi connectivity index (χ1n) is 5.36. The second-order valence-electron chi connectivity index (χ2n) is 3.63. The summed E-state index contributed by atoms with van der Waals surface area (Å²) in [7, 11) is 0. The van der Waals surface area contributed by atoms with Gasteiger partial charge in [-0.1, -0.05) is 5.92 Å². The number of carbonyl (C=O) groups excluding carboxylic acids is 1. The van der Waals surface area contributed by atoms with Crippen molar-refractivity contribution in [2.45, 2.75) is 13.0 Å². The maximum absolute atomic E-state index is 11.6. The quantitative estimate of drug-likeness (QED) is 0.606. The van der Waals surface area contributed by atoms with Crippen LogP contribution in [0, 0.1) is 15.9 Å². The fourth-order valence-corrected chi connectivity index (χ4v) is 1.72. The van der Waals surface area contributed by atoms with Crippen molar-refractivity contribution >= 4 is 34.5 Å². The van der Waals surface area contributed by atoms with Gasteiger partial charge in [0.1, 0.15) is 5.75 Å². The molecule has 2 N–H and O–H groups in total. The van der Waals surface area contributed by atoms with Gasteiger partial charge in [0, 0.05) is 0 Å². The molecule has 0 radical (unpaired) electrons. The summed E-state index contributed by atoms with van der Waals surface area (Å²) >= 11 is 2.00. The standard InChI is InChI=1S/C13H12INO4/c1-3-6-15-12(16)8(2)19-11-7-9(13(17)18)4-5-10(11)14/h1,4-5,7-8H,6H2,2H3,(H,15,16)(H,17,18). The Kier molecular flexibility index (Phi) is 5.63. The zero-order valence-corrected chi connectivity index (χ0v) is 12.3. The van der Waals surface area contributed by atoms with Crippen molar-refractivity contribution in [1.82, 2.24) is 5.32 Å². The van der Waals surface area contributed by atoms with Crippen molar-refractivity contribution in [2.75, 3.05) is 6.54 Å². The highest BCUT2D eigenvalue weighted by atomic mass is 127. The summed E-state index contributed by atoms with van der Waals surface area (Å²) in [5, 5.41) is 11.4. The average Bonchev–Trinajstić information content (AvgIpc) is 2.38. The van der Waals surface area contributed by atoms with E-state index < -0.39 is 12.1 Å². The van der Waals surface area contributed by atoms with Crippen LogP contribution in [-0.4, -0.2) is 29.6 Å². The molecule has 0 spiro atoms. The lowest BCUT2D eigenvalue weighted by atomic mass is 10.2. The molecule has 1 atom stereocenters. The molecule has 0 fully saturated rings. The SMILES string of the molecule is C#CCNC(=O)C(C)Oc1cc(C(=O)O)ccc1I. The molecule has 19 heavy (non-hydrogen) atoms. The molecule has 5 nitrogen and oxygen atoms in total. The van der Waals surface area contributed by atoms with E-state index in [4.69, 9.17) is 16.3 Å². The number of hydrogen-bond acceptors (Lipinski definition) is 3. The van der Waals surface area contributed by atoms with Gasteiger partial charge in [-0.05, 0) is 47.7 Å². The van der Waals surface area contributed by atoms with E-state index in [0.717, 1.165) is 3.57 Å². The molecule has 1 aromatic carbocycles. The summed E-state index contributed by atoms with van der Waals surface area (Å²) in [4.78, 5) is 22.5. The highest BCUT2D eigenvalue weighted by Crippen LogP contribution is 2.23. The van der Waals surface area contributed by atoms with Crippen LogP contribution in [0.4, 0.5) is 0 Å². The number of hydrogen-bond donors (Lipinski definition) is 2. The molecule has 0 aliphatic carbocycles. The van der Waals surface area contributed by atoms with Crippen LogP contribution >= 0.6 is 22.6 Å². The molecule has 0 aliphatic heterocycles. The van der Waals surface area contributed by atoms with Gasteiger partial charge in [0.15, 0.2) is 6.10 Å². The lowest BCUT2D eigenvalue weighted by Crippen LogP contribution is -2.36. The lowest BCUT2D eigenvalue weighted by molar-refractivity contribution is -0.127. The summed E-state index contributed by atoms with van der Waals surface area (Å²) in [5.41, 5.74) is 0.103. The summed E-state index contributed by atoms with van der Waals surface area (Å²) in [6, 6.07) is 4.47. The molecule has 100 valence electrons. The van der Waals surface area contributed by atoms with E-state index in [1.807, 2.05) is 22.6 Å². The third-order valence-corrected chi connectivity index (χ3v) is 3.11. The highest BCUT2D eigenvalue weighted by molar-refractivity contribution is 14.1. The fourth-order valence-electron chi connectivity index (χ4n) is 1.25. The number of amides is 1. The molecule has 1 rings (SSSR count). The number of carboxylic acids is 1. The Morgan fingerprint density at radius 3 is 2.84 bits per heavy atom. The Hall–Kier alpha value is -1.75. The molecule has 0 saturated carbocycles. The van der Waals surface area contributed by atoms with Crippen LogP contribution < -0.4 is 10.1 Å². The van der Waals surface area contributed by atoms with Crippen LogP contribution in [0.3, 0.4) is 0 Å². The zero-order valence-electron chi connectivity index (χ0n) is 10.1. The third kappa shape index (κ3) is 4.44. The van der Waals surface area contributed by atoms with Crippen molar-refractivity contribution in [3.8, 4) is 18.1 Å². The summed E-state index contributed by atoms with van der Waals surface area (Å²) in [6.07, 6.45) is 4.28. The van der Waals surface area contributed by atoms with E-state index in [-0.39, 0.29) is 18.0 Å². The van der Waals surface area contributed by atoms with Gasteiger partial charge in [-0.25, -0.2) is 4.79 Å². The Bertz CT molecular complexity index is 536. The molecule has 1 aromatic rings.